The maximum atomic E-state index is 3.54. The number of rotatable bonds is 6. The predicted octanol–water partition coefficient (Wildman–Crippen LogP) is 2.74. The lowest BCUT2D eigenvalue weighted by Gasteiger charge is -2.22. The van der Waals surface area contributed by atoms with Crippen LogP contribution in [0.25, 0.3) is 0 Å². The Labute approximate surface area is 97.3 Å². The van der Waals surface area contributed by atoms with Crippen LogP contribution < -0.4 is 5.32 Å². The van der Waals surface area contributed by atoms with Crippen LogP contribution in [0.1, 0.15) is 32.4 Å². The molecule has 1 heterocycles. The van der Waals surface area contributed by atoms with Crippen LogP contribution in [0.5, 0.6) is 0 Å². The second-order valence-electron chi connectivity index (χ2n) is 4.31. The third kappa shape index (κ3) is 4.33. The number of likely N-dealkylation sites (N-methyl/N-ethyl adjacent to an activating group) is 1. The maximum absolute atomic E-state index is 3.54. The van der Waals surface area contributed by atoms with Crippen LogP contribution in [0.15, 0.2) is 16.8 Å². The molecule has 3 heteroatoms. The van der Waals surface area contributed by atoms with E-state index in [0.29, 0.717) is 12.1 Å². The zero-order valence-corrected chi connectivity index (χ0v) is 11.0. The molecule has 1 aromatic heterocycles. The standard InChI is InChI=1S/C12H22N2S/c1-10(2)14(4)7-6-13-11(3)12-5-8-15-9-12/h5,8-11,13H,6-7H2,1-4H3. The van der Waals surface area contributed by atoms with Crippen LogP contribution in [-0.2, 0) is 0 Å². The molecule has 1 rings (SSSR count). The Bertz CT molecular complexity index is 257. The van der Waals surface area contributed by atoms with Crippen molar-refractivity contribution in [3.63, 3.8) is 0 Å². The number of nitrogens with one attached hydrogen (secondary N) is 1. The van der Waals surface area contributed by atoms with Crippen molar-refractivity contribution in [1.29, 1.82) is 0 Å². The minimum Gasteiger partial charge on any atom is -0.309 e. The number of nitrogens with zero attached hydrogens (tertiary/aromatic N) is 1. The lowest BCUT2D eigenvalue weighted by Crippen LogP contribution is -2.34. The fraction of sp³-hybridized carbons (Fsp3) is 0.667. The van der Waals surface area contributed by atoms with Gasteiger partial charge in [-0.1, -0.05) is 0 Å². The molecule has 86 valence electrons. The molecule has 0 aliphatic carbocycles. The lowest BCUT2D eigenvalue weighted by atomic mass is 10.2. The Hall–Kier alpha value is -0.380. The molecule has 0 bridgehead atoms. The zero-order chi connectivity index (χ0) is 11.3. The topological polar surface area (TPSA) is 15.3 Å². The van der Waals surface area contributed by atoms with Crippen molar-refractivity contribution in [2.45, 2.75) is 32.9 Å². The summed E-state index contributed by atoms with van der Waals surface area (Å²) in [5.41, 5.74) is 1.40. The highest BCUT2D eigenvalue weighted by molar-refractivity contribution is 7.07. The molecule has 0 radical (unpaired) electrons. The number of thiophene rings is 1. The molecule has 15 heavy (non-hydrogen) atoms. The monoisotopic (exact) mass is 226 g/mol. The molecule has 1 aromatic rings. The smallest absolute Gasteiger partial charge is 0.0300 e. The van der Waals surface area contributed by atoms with Crippen molar-refractivity contribution in [2.24, 2.45) is 0 Å². The van der Waals surface area contributed by atoms with E-state index in [9.17, 15) is 0 Å². The highest BCUT2D eigenvalue weighted by atomic mass is 32.1. The van der Waals surface area contributed by atoms with Gasteiger partial charge in [0.05, 0.1) is 0 Å². The van der Waals surface area contributed by atoms with Crippen LogP contribution in [0, 0.1) is 0 Å². The summed E-state index contributed by atoms with van der Waals surface area (Å²) in [4.78, 5) is 2.35. The molecule has 0 amide bonds. The first-order chi connectivity index (χ1) is 7.11. The van der Waals surface area contributed by atoms with E-state index in [1.165, 1.54) is 5.56 Å². The first-order valence-corrected chi connectivity index (χ1v) is 6.51. The highest BCUT2D eigenvalue weighted by Gasteiger charge is 2.06. The van der Waals surface area contributed by atoms with Crippen LogP contribution >= 0.6 is 11.3 Å². The largest absolute Gasteiger partial charge is 0.309 e. The van der Waals surface area contributed by atoms with Crippen molar-refractivity contribution < 1.29 is 0 Å². The van der Waals surface area contributed by atoms with Crippen molar-refractivity contribution in [2.75, 3.05) is 20.1 Å². The molecule has 0 aromatic carbocycles. The van der Waals surface area contributed by atoms with Crippen molar-refractivity contribution in [3.05, 3.63) is 22.4 Å². The molecule has 0 aliphatic heterocycles. The normalized spacial score (nSPS) is 13.7. The van der Waals surface area contributed by atoms with E-state index < -0.39 is 0 Å². The van der Waals surface area contributed by atoms with Gasteiger partial charge in [-0.15, -0.1) is 0 Å². The van der Waals surface area contributed by atoms with Crippen molar-refractivity contribution in [1.82, 2.24) is 10.2 Å². The molecular formula is C12H22N2S. The van der Waals surface area contributed by atoms with Gasteiger partial charge in [0.25, 0.3) is 0 Å². The van der Waals surface area contributed by atoms with Crippen molar-refractivity contribution >= 4 is 11.3 Å². The molecule has 0 saturated carbocycles. The van der Waals surface area contributed by atoms with Gasteiger partial charge in [0.2, 0.25) is 0 Å². The van der Waals surface area contributed by atoms with E-state index in [-0.39, 0.29) is 0 Å². The zero-order valence-electron chi connectivity index (χ0n) is 10.2. The van der Waals surface area contributed by atoms with E-state index in [2.05, 4.69) is 54.9 Å². The van der Waals surface area contributed by atoms with E-state index in [1.807, 2.05) is 0 Å². The summed E-state index contributed by atoms with van der Waals surface area (Å²) in [5.74, 6) is 0. The fourth-order valence-electron chi connectivity index (χ4n) is 1.35. The van der Waals surface area contributed by atoms with Crippen LogP contribution in [0.2, 0.25) is 0 Å². The SMILES string of the molecule is CC(NCCN(C)C(C)C)c1ccsc1. The molecule has 0 fully saturated rings. The summed E-state index contributed by atoms with van der Waals surface area (Å²) >= 11 is 1.76. The van der Waals surface area contributed by atoms with Gasteiger partial charge in [-0.2, -0.15) is 11.3 Å². The Kier molecular flexibility index (Phi) is 5.29. The summed E-state index contributed by atoms with van der Waals surface area (Å²) in [6, 6.07) is 3.29. The summed E-state index contributed by atoms with van der Waals surface area (Å²) < 4.78 is 0. The van der Waals surface area contributed by atoms with Gasteiger partial charge < -0.3 is 10.2 Å². The molecule has 1 unspecified atom stereocenters. The molecule has 0 saturated heterocycles. The second kappa shape index (κ2) is 6.26. The van der Waals surface area contributed by atoms with Gasteiger partial charge in [0, 0.05) is 25.2 Å². The minimum absolute atomic E-state index is 0.469. The third-order valence-electron chi connectivity index (χ3n) is 2.84. The summed E-state index contributed by atoms with van der Waals surface area (Å²) in [6.07, 6.45) is 0. The van der Waals surface area contributed by atoms with Gasteiger partial charge in [0.15, 0.2) is 0 Å². The lowest BCUT2D eigenvalue weighted by molar-refractivity contribution is 0.270. The van der Waals surface area contributed by atoms with E-state index in [1.54, 1.807) is 11.3 Å². The molecule has 0 aliphatic rings. The first-order valence-electron chi connectivity index (χ1n) is 5.57. The van der Waals surface area contributed by atoms with Gasteiger partial charge in [-0.25, -0.2) is 0 Å². The van der Waals surface area contributed by atoms with Crippen LogP contribution in [-0.4, -0.2) is 31.1 Å². The Balaban J connectivity index is 2.21. The summed E-state index contributed by atoms with van der Waals surface area (Å²) in [7, 11) is 2.17. The minimum atomic E-state index is 0.469. The molecular weight excluding hydrogens is 204 g/mol. The highest BCUT2D eigenvalue weighted by Crippen LogP contribution is 2.14. The average molecular weight is 226 g/mol. The van der Waals surface area contributed by atoms with Gasteiger partial charge in [0.1, 0.15) is 0 Å². The van der Waals surface area contributed by atoms with Crippen molar-refractivity contribution in [3.8, 4) is 0 Å². The number of hydrogen-bond acceptors (Lipinski definition) is 3. The molecule has 1 N–H and O–H groups in total. The summed E-state index contributed by atoms with van der Waals surface area (Å²) in [6.45, 7) is 8.82. The van der Waals surface area contributed by atoms with E-state index >= 15 is 0 Å². The average Bonchev–Trinajstić information content (AvgIpc) is 2.70. The molecule has 1 atom stereocenters. The molecule has 2 nitrogen and oxygen atoms in total. The van der Waals surface area contributed by atoms with Crippen LogP contribution in [0.3, 0.4) is 0 Å². The predicted molar refractivity (Wildman–Crippen MR) is 68.5 cm³/mol. The quantitative estimate of drug-likeness (QED) is 0.802. The third-order valence-corrected chi connectivity index (χ3v) is 3.54. The molecule has 0 spiro atoms. The number of hydrogen-bond donors (Lipinski definition) is 1. The second-order valence-corrected chi connectivity index (χ2v) is 5.09. The van der Waals surface area contributed by atoms with Gasteiger partial charge in [-0.3, -0.25) is 0 Å². The Morgan fingerprint density at radius 3 is 2.67 bits per heavy atom. The fourth-order valence-corrected chi connectivity index (χ4v) is 2.11. The Morgan fingerprint density at radius 1 is 1.40 bits per heavy atom. The van der Waals surface area contributed by atoms with Gasteiger partial charge in [-0.05, 0) is 50.2 Å². The summed E-state index contributed by atoms with van der Waals surface area (Å²) in [5, 5.41) is 7.88. The first kappa shape index (κ1) is 12.7. The van der Waals surface area contributed by atoms with E-state index in [4.69, 9.17) is 0 Å². The maximum Gasteiger partial charge on any atom is 0.0300 e. The Morgan fingerprint density at radius 2 is 2.13 bits per heavy atom. The van der Waals surface area contributed by atoms with Gasteiger partial charge >= 0.3 is 0 Å². The van der Waals surface area contributed by atoms with Crippen LogP contribution in [0.4, 0.5) is 0 Å². The van der Waals surface area contributed by atoms with E-state index in [0.717, 1.165) is 13.1 Å².